The van der Waals surface area contributed by atoms with Gasteiger partial charge in [0.2, 0.25) is 5.82 Å². The van der Waals surface area contributed by atoms with Crippen LogP contribution in [0.4, 0.5) is 14.5 Å². The van der Waals surface area contributed by atoms with Gasteiger partial charge in [-0.25, -0.2) is 9.18 Å². The van der Waals surface area contributed by atoms with Gasteiger partial charge < -0.3 is 4.74 Å². The molecule has 0 N–H and O–H groups in total. The van der Waals surface area contributed by atoms with E-state index in [4.69, 9.17) is 4.74 Å². The molecule has 1 unspecified atom stereocenters. The maximum Gasteiger partial charge on any atom is 0.341 e. The van der Waals surface area contributed by atoms with Gasteiger partial charge in [0.05, 0.1) is 22.7 Å². The van der Waals surface area contributed by atoms with Crippen molar-refractivity contribution in [1.29, 1.82) is 0 Å². The van der Waals surface area contributed by atoms with Crippen LogP contribution in [0.3, 0.4) is 0 Å². The monoisotopic (exact) mass is 273 g/mol. The lowest BCUT2D eigenvalue weighted by Crippen LogP contribution is -2.16. The van der Waals surface area contributed by atoms with Gasteiger partial charge in [-0.2, -0.15) is 4.39 Å². The molecule has 5 nitrogen and oxygen atoms in total. The minimum atomic E-state index is -1.28. The Morgan fingerprint density at radius 2 is 2.05 bits per heavy atom. The smallest absolute Gasteiger partial charge is 0.341 e. The Labute approximate surface area is 108 Å². The van der Waals surface area contributed by atoms with Crippen LogP contribution in [0.25, 0.3) is 0 Å². The summed E-state index contributed by atoms with van der Waals surface area (Å²) >= 11 is 0. The molecule has 0 aliphatic heterocycles. The topological polar surface area (TPSA) is 69.4 Å². The fourth-order valence-corrected chi connectivity index (χ4v) is 1.54. The van der Waals surface area contributed by atoms with Crippen LogP contribution in [-0.4, -0.2) is 17.0 Å². The van der Waals surface area contributed by atoms with Gasteiger partial charge in [0.15, 0.2) is 0 Å². The first-order valence-electron chi connectivity index (χ1n) is 5.71. The number of nitro groups is 1. The van der Waals surface area contributed by atoms with Crippen molar-refractivity contribution in [2.45, 2.75) is 32.8 Å². The molecular formula is C12H13F2NO4. The van der Waals surface area contributed by atoms with E-state index in [1.165, 1.54) is 0 Å². The molecule has 7 heteroatoms. The maximum absolute atomic E-state index is 13.5. The SMILES string of the molecule is CCCC(C)OC(=O)c1cc(F)c([N+](=O)[O-])cc1F. The fourth-order valence-electron chi connectivity index (χ4n) is 1.54. The number of rotatable bonds is 5. The first kappa shape index (κ1) is 15.0. The standard InChI is InChI=1S/C12H13F2NO4/c1-3-4-7(2)19-12(16)8-5-10(14)11(15(17)18)6-9(8)13/h5-7H,3-4H2,1-2H3. The van der Waals surface area contributed by atoms with Crippen LogP contribution in [0.5, 0.6) is 0 Å². The molecule has 1 rings (SSSR count). The summed E-state index contributed by atoms with van der Waals surface area (Å²) in [5, 5.41) is 10.4. The molecule has 0 fully saturated rings. The third kappa shape index (κ3) is 3.70. The highest BCUT2D eigenvalue weighted by Gasteiger charge is 2.23. The number of ether oxygens (including phenoxy) is 1. The van der Waals surface area contributed by atoms with Crippen molar-refractivity contribution in [2.24, 2.45) is 0 Å². The number of nitrogens with zero attached hydrogens (tertiary/aromatic N) is 1. The summed E-state index contributed by atoms with van der Waals surface area (Å²) in [5.41, 5.74) is -1.67. The molecule has 0 radical (unpaired) electrons. The number of carbonyl (C=O) groups is 1. The molecule has 1 aromatic carbocycles. The number of nitro benzene ring substituents is 1. The summed E-state index contributed by atoms with van der Waals surface area (Å²) in [5.74, 6) is -3.49. The zero-order valence-corrected chi connectivity index (χ0v) is 10.5. The Balaban J connectivity index is 2.99. The molecule has 0 aromatic heterocycles. The largest absolute Gasteiger partial charge is 0.459 e. The first-order valence-corrected chi connectivity index (χ1v) is 5.71. The lowest BCUT2D eigenvalue weighted by atomic mass is 10.1. The molecule has 19 heavy (non-hydrogen) atoms. The molecule has 0 saturated heterocycles. The van der Waals surface area contributed by atoms with E-state index in [2.05, 4.69) is 0 Å². The summed E-state index contributed by atoms with van der Waals surface area (Å²) in [6.45, 7) is 3.51. The zero-order chi connectivity index (χ0) is 14.6. The van der Waals surface area contributed by atoms with Crippen LogP contribution in [0.2, 0.25) is 0 Å². The molecule has 0 aliphatic rings. The molecule has 0 amide bonds. The normalized spacial score (nSPS) is 12.0. The van der Waals surface area contributed by atoms with E-state index in [1.807, 2.05) is 6.92 Å². The molecule has 0 bridgehead atoms. The van der Waals surface area contributed by atoms with Crippen LogP contribution in [0.1, 0.15) is 37.0 Å². The number of esters is 1. The Morgan fingerprint density at radius 1 is 1.42 bits per heavy atom. The van der Waals surface area contributed by atoms with Gasteiger partial charge in [0, 0.05) is 0 Å². The predicted octanol–water partition coefficient (Wildman–Crippen LogP) is 3.22. The van der Waals surface area contributed by atoms with Gasteiger partial charge >= 0.3 is 11.7 Å². The second-order valence-corrected chi connectivity index (χ2v) is 4.05. The van der Waals surface area contributed by atoms with E-state index < -0.39 is 39.9 Å². The summed E-state index contributed by atoms with van der Waals surface area (Å²) in [7, 11) is 0. The van der Waals surface area contributed by atoms with Crippen molar-refractivity contribution in [2.75, 3.05) is 0 Å². The molecule has 1 aromatic rings. The quantitative estimate of drug-likeness (QED) is 0.469. The molecule has 0 heterocycles. The molecule has 0 spiro atoms. The van der Waals surface area contributed by atoms with Crippen molar-refractivity contribution in [3.05, 3.63) is 39.4 Å². The predicted molar refractivity (Wildman–Crippen MR) is 62.8 cm³/mol. The number of hydrogen-bond acceptors (Lipinski definition) is 4. The third-order valence-electron chi connectivity index (χ3n) is 2.46. The van der Waals surface area contributed by atoms with Crippen molar-refractivity contribution < 1.29 is 23.2 Å². The molecule has 104 valence electrons. The molecular weight excluding hydrogens is 260 g/mol. The van der Waals surface area contributed by atoms with Crippen molar-refractivity contribution in [3.8, 4) is 0 Å². The van der Waals surface area contributed by atoms with Gasteiger partial charge in [0.25, 0.3) is 0 Å². The highest BCUT2D eigenvalue weighted by atomic mass is 19.1. The molecule has 0 aliphatic carbocycles. The highest BCUT2D eigenvalue weighted by Crippen LogP contribution is 2.22. The fraction of sp³-hybridized carbons (Fsp3) is 0.417. The number of benzene rings is 1. The summed E-state index contributed by atoms with van der Waals surface area (Å²) in [6, 6.07) is 0.852. The number of carbonyl (C=O) groups excluding carboxylic acids is 1. The van der Waals surface area contributed by atoms with Crippen LogP contribution in [-0.2, 0) is 4.74 Å². The lowest BCUT2D eigenvalue weighted by molar-refractivity contribution is -0.387. The third-order valence-corrected chi connectivity index (χ3v) is 2.46. The molecule has 0 saturated carbocycles. The van der Waals surface area contributed by atoms with E-state index in [-0.39, 0.29) is 0 Å². The van der Waals surface area contributed by atoms with Crippen LogP contribution < -0.4 is 0 Å². The first-order chi connectivity index (χ1) is 8.86. The van der Waals surface area contributed by atoms with E-state index in [9.17, 15) is 23.7 Å². The Bertz CT molecular complexity index is 505. The van der Waals surface area contributed by atoms with Crippen LogP contribution >= 0.6 is 0 Å². The Morgan fingerprint density at radius 3 is 2.58 bits per heavy atom. The van der Waals surface area contributed by atoms with Crippen LogP contribution in [0, 0.1) is 21.7 Å². The van der Waals surface area contributed by atoms with Gasteiger partial charge in [-0.3, -0.25) is 10.1 Å². The summed E-state index contributed by atoms with van der Waals surface area (Å²) in [6.07, 6.45) is 0.920. The van der Waals surface area contributed by atoms with Gasteiger partial charge in [-0.05, 0) is 19.4 Å². The average Bonchev–Trinajstić information content (AvgIpc) is 2.31. The minimum Gasteiger partial charge on any atom is -0.459 e. The average molecular weight is 273 g/mol. The Kier molecular flexibility index (Phi) is 4.91. The van der Waals surface area contributed by atoms with Gasteiger partial charge in [0.1, 0.15) is 5.82 Å². The van der Waals surface area contributed by atoms with Crippen molar-refractivity contribution in [1.82, 2.24) is 0 Å². The minimum absolute atomic E-state index is 0.371. The second-order valence-electron chi connectivity index (χ2n) is 4.05. The number of hydrogen-bond donors (Lipinski definition) is 0. The van der Waals surface area contributed by atoms with Crippen LogP contribution in [0.15, 0.2) is 12.1 Å². The van der Waals surface area contributed by atoms with E-state index in [0.717, 1.165) is 6.42 Å². The summed E-state index contributed by atoms with van der Waals surface area (Å²) < 4.78 is 31.7. The van der Waals surface area contributed by atoms with Gasteiger partial charge in [-0.1, -0.05) is 13.3 Å². The van der Waals surface area contributed by atoms with E-state index >= 15 is 0 Å². The highest BCUT2D eigenvalue weighted by molar-refractivity contribution is 5.90. The second kappa shape index (κ2) is 6.21. The maximum atomic E-state index is 13.5. The Hall–Kier alpha value is -2.05. The zero-order valence-electron chi connectivity index (χ0n) is 10.5. The summed E-state index contributed by atoms with van der Waals surface area (Å²) in [4.78, 5) is 20.9. The molecule has 1 atom stereocenters. The van der Waals surface area contributed by atoms with Gasteiger partial charge in [-0.15, -0.1) is 0 Å². The number of halogens is 2. The lowest BCUT2D eigenvalue weighted by Gasteiger charge is -2.12. The van der Waals surface area contributed by atoms with E-state index in [0.29, 0.717) is 18.6 Å². The van der Waals surface area contributed by atoms with Crippen molar-refractivity contribution in [3.63, 3.8) is 0 Å². The van der Waals surface area contributed by atoms with E-state index in [1.54, 1.807) is 6.92 Å². The van der Waals surface area contributed by atoms with Crippen molar-refractivity contribution >= 4 is 11.7 Å².